The van der Waals surface area contributed by atoms with Gasteiger partial charge < -0.3 is 9.30 Å². The number of amides is 3. The Morgan fingerprint density at radius 3 is 2.47 bits per heavy atom. The zero-order chi connectivity index (χ0) is 27.2. The van der Waals surface area contributed by atoms with Gasteiger partial charge in [0.25, 0.3) is 5.91 Å². The molecule has 3 heterocycles. The van der Waals surface area contributed by atoms with E-state index in [1.165, 1.54) is 28.2 Å². The van der Waals surface area contributed by atoms with Crippen molar-refractivity contribution >= 4 is 35.3 Å². The molecule has 38 heavy (non-hydrogen) atoms. The van der Waals surface area contributed by atoms with E-state index < -0.39 is 0 Å². The Kier molecular flexibility index (Phi) is 8.73. The number of nitrogens with zero attached hydrogens (tertiary/aromatic N) is 5. The van der Waals surface area contributed by atoms with Crippen molar-refractivity contribution in [2.45, 2.75) is 59.5 Å². The Balaban J connectivity index is 1.71. The number of urea groups is 1. The lowest BCUT2D eigenvalue weighted by molar-refractivity contribution is -0.123. The zero-order valence-corrected chi connectivity index (χ0v) is 23.1. The molecule has 0 unspecified atom stereocenters. The van der Waals surface area contributed by atoms with Gasteiger partial charge in [0.1, 0.15) is 11.5 Å². The average Bonchev–Trinajstić information content (AvgIpc) is 3.57. The van der Waals surface area contributed by atoms with E-state index in [0.29, 0.717) is 30.8 Å². The molecule has 3 aromatic rings. The van der Waals surface area contributed by atoms with Gasteiger partial charge in [0.15, 0.2) is 0 Å². The lowest BCUT2D eigenvalue weighted by Gasteiger charge is -2.16. The van der Waals surface area contributed by atoms with Gasteiger partial charge in [0, 0.05) is 24.9 Å². The molecule has 0 saturated carbocycles. The van der Waals surface area contributed by atoms with Crippen LogP contribution in [0.4, 0.5) is 4.79 Å². The van der Waals surface area contributed by atoms with Gasteiger partial charge in [-0.05, 0) is 43.5 Å². The van der Waals surface area contributed by atoms with Crippen molar-refractivity contribution in [2.24, 2.45) is 0 Å². The molecule has 200 valence electrons. The molecule has 1 saturated heterocycles. The van der Waals surface area contributed by atoms with Gasteiger partial charge in [-0.25, -0.2) is 19.6 Å². The van der Waals surface area contributed by atoms with Crippen molar-refractivity contribution in [1.82, 2.24) is 24.3 Å². The van der Waals surface area contributed by atoms with Crippen LogP contribution < -0.4 is 0 Å². The molecular formula is C28H33N5O4S. The molecule has 1 aliphatic rings. The number of esters is 1. The number of hydrogen-bond donors (Lipinski definition) is 0. The maximum atomic E-state index is 13.4. The van der Waals surface area contributed by atoms with E-state index in [2.05, 4.69) is 21.5 Å². The molecule has 0 radical (unpaired) electrons. The predicted molar refractivity (Wildman–Crippen MR) is 145 cm³/mol. The summed E-state index contributed by atoms with van der Waals surface area (Å²) >= 11 is 1.51. The smallest absolute Gasteiger partial charge is 0.337 e. The van der Waals surface area contributed by atoms with Crippen molar-refractivity contribution in [2.75, 3.05) is 13.7 Å². The maximum absolute atomic E-state index is 13.4. The van der Waals surface area contributed by atoms with Crippen molar-refractivity contribution in [3.63, 3.8) is 0 Å². The first-order chi connectivity index (χ1) is 18.4. The Morgan fingerprint density at radius 1 is 1.08 bits per heavy atom. The summed E-state index contributed by atoms with van der Waals surface area (Å²) in [6.07, 6.45) is 6.99. The highest BCUT2D eigenvalue weighted by Gasteiger charge is 2.40. The fraction of sp³-hybridized carbons (Fsp3) is 0.393. The predicted octanol–water partition coefficient (Wildman–Crippen LogP) is 5.04. The van der Waals surface area contributed by atoms with Crippen LogP contribution in [0.2, 0.25) is 0 Å². The second-order valence-electron chi connectivity index (χ2n) is 9.19. The number of aryl methyl sites for hydroxylation is 2. The summed E-state index contributed by atoms with van der Waals surface area (Å²) in [6.45, 7) is 7.08. The third-order valence-corrected chi connectivity index (χ3v) is 7.20. The first kappa shape index (κ1) is 27.3. The first-order valence-corrected chi connectivity index (χ1v) is 13.7. The normalized spacial score (nSPS) is 14.7. The third kappa shape index (κ3) is 5.85. The van der Waals surface area contributed by atoms with E-state index in [4.69, 9.17) is 4.74 Å². The molecule has 1 aliphatic heterocycles. The van der Waals surface area contributed by atoms with E-state index in [1.54, 1.807) is 24.4 Å². The zero-order valence-electron chi connectivity index (χ0n) is 22.3. The highest BCUT2D eigenvalue weighted by atomic mass is 32.1. The van der Waals surface area contributed by atoms with Crippen molar-refractivity contribution < 1.29 is 19.1 Å². The molecule has 0 N–H and O–H groups in total. The number of imide groups is 1. The summed E-state index contributed by atoms with van der Waals surface area (Å²) in [5.74, 6) is 0.207. The van der Waals surface area contributed by atoms with Crippen LogP contribution in [0.25, 0.3) is 6.08 Å². The first-order valence-electron chi connectivity index (χ1n) is 12.8. The number of rotatable bonds is 11. The lowest BCUT2D eigenvalue weighted by atomic mass is 10.1. The van der Waals surface area contributed by atoms with Crippen molar-refractivity contribution in [1.29, 1.82) is 0 Å². The van der Waals surface area contributed by atoms with Crippen LogP contribution in [0, 0.1) is 6.92 Å². The van der Waals surface area contributed by atoms with E-state index in [9.17, 15) is 14.4 Å². The van der Waals surface area contributed by atoms with Gasteiger partial charge in [0.05, 0.1) is 41.8 Å². The number of ether oxygens (including phenoxy) is 1. The Bertz CT molecular complexity index is 1340. The number of hydrogen-bond acceptors (Lipinski definition) is 7. The van der Waals surface area contributed by atoms with Gasteiger partial charge in [-0.1, -0.05) is 32.4 Å². The second-order valence-corrected chi connectivity index (χ2v) is 10.3. The molecule has 0 spiro atoms. The highest BCUT2D eigenvalue weighted by Crippen LogP contribution is 2.27. The van der Waals surface area contributed by atoms with Gasteiger partial charge >= 0.3 is 12.0 Å². The SMILES string of the molecule is CCCCc1ncc(/C=C2/C(=O)N(CCC)C(=O)N2Cc2csc(C)n2)n1Cc1ccc(C(=O)OC)cc1. The number of thiazole rings is 1. The van der Waals surface area contributed by atoms with Crippen LogP contribution in [0.5, 0.6) is 0 Å². The molecule has 0 atom stereocenters. The molecule has 1 fully saturated rings. The number of unbranched alkanes of at least 4 members (excludes halogenated alkanes) is 1. The number of carbonyl (C=O) groups is 3. The van der Waals surface area contributed by atoms with Crippen LogP contribution in [-0.2, 0) is 29.0 Å². The molecule has 10 heteroatoms. The fourth-order valence-electron chi connectivity index (χ4n) is 4.39. The Hall–Kier alpha value is -3.79. The van der Waals surface area contributed by atoms with E-state index in [1.807, 2.05) is 31.4 Å². The summed E-state index contributed by atoms with van der Waals surface area (Å²) in [5, 5.41) is 2.82. The lowest BCUT2D eigenvalue weighted by Crippen LogP contribution is -2.33. The standard InChI is InChI=1S/C28H33N5O4S/c1-5-7-8-25-29-15-23(32(25)16-20-9-11-21(12-10-20)27(35)37-4)14-24-26(34)31(13-6-2)28(36)33(24)17-22-18-38-19(3)30-22/h9-12,14-15,18H,5-8,13,16-17H2,1-4H3/b24-14-. The average molecular weight is 536 g/mol. The van der Waals surface area contributed by atoms with Crippen LogP contribution in [-0.4, -0.2) is 55.9 Å². The van der Waals surface area contributed by atoms with Crippen molar-refractivity contribution in [3.8, 4) is 0 Å². The summed E-state index contributed by atoms with van der Waals surface area (Å²) in [6, 6.07) is 6.92. The fourth-order valence-corrected chi connectivity index (χ4v) is 5.00. The van der Waals surface area contributed by atoms with Gasteiger partial charge in [-0.15, -0.1) is 11.3 Å². The minimum absolute atomic E-state index is 0.229. The summed E-state index contributed by atoms with van der Waals surface area (Å²) in [7, 11) is 1.36. The molecule has 0 aliphatic carbocycles. The molecule has 2 aromatic heterocycles. The topological polar surface area (TPSA) is 97.6 Å². The second kappa shape index (κ2) is 12.2. The molecular weight excluding hydrogens is 502 g/mol. The minimum atomic E-state index is -0.385. The molecule has 1 aromatic carbocycles. The number of aromatic nitrogens is 3. The number of carbonyl (C=O) groups excluding carboxylic acids is 3. The van der Waals surface area contributed by atoms with E-state index in [-0.39, 0.29) is 24.5 Å². The van der Waals surface area contributed by atoms with Crippen LogP contribution >= 0.6 is 11.3 Å². The minimum Gasteiger partial charge on any atom is -0.465 e. The monoisotopic (exact) mass is 535 g/mol. The van der Waals surface area contributed by atoms with Gasteiger partial charge in [-0.2, -0.15) is 0 Å². The third-order valence-electron chi connectivity index (χ3n) is 6.37. The van der Waals surface area contributed by atoms with Crippen LogP contribution in [0.15, 0.2) is 41.5 Å². The molecule has 0 bridgehead atoms. The maximum Gasteiger partial charge on any atom is 0.337 e. The molecule has 3 amide bonds. The summed E-state index contributed by atoms with van der Waals surface area (Å²) < 4.78 is 6.87. The van der Waals surface area contributed by atoms with E-state index in [0.717, 1.165) is 47.0 Å². The number of methoxy groups -OCH3 is 1. The van der Waals surface area contributed by atoms with Gasteiger partial charge in [-0.3, -0.25) is 14.6 Å². The molecule has 9 nitrogen and oxygen atoms in total. The highest BCUT2D eigenvalue weighted by molar-refractivity contribution is 7.09. The quantitative estimate of drug-likeness (QED) is 0.194. The largest absolute Gasteiger partial charge is 0.465 e. The van der Waals surface area contributed by atoms with Crippen LogP contribution in [0.3, 0.4) is 0 Å². The van der Waals surface area contributed by atoms with Crippen LogP contribution in [0.1, 0.15) is 71.3 Å². The van der Waals surface area contributed by atoms with E-state index >= 15 is 0 Å². The Labute approximate surface area is 226 Å². The number of benzene rings is 1. The van der Waals surface area contributed by atoms with Gasteiger partial charge in [0.2, 0.25) is 0 Å². The van der Waals surface area contributed by atoms with Crippen molar-refractivity contribution in [3.05, 3.63) is 74.9 Å². The number of imidazole rings is 1. The summed E-state index contributed by atoms with van der Waals surface area (Å²) in [4.78, 5) is 50.5. The molecule has 4 rings (SSSR count). The summed E-state index contributed by atoms with van der Waals surface area (Å²) in [5.41, 5.74) is 3.26. The Morgan fingerprint density at radius 2 is 1.84 bits per heavy atom.